The summed E-state index contributed by atoms with van der Waals surface area (Å²) in [6, 6.07) is 10.6. The molecule has 0 saturated heterocycles. The molecule has 2 heterocycles. The van der Waals surface area contributed by atoms with Gasteiger partial charge < -0.3 is 4.98 Å². The van der Waals surface area contributed by atoms with Gasteiger partial charge in [0.05, 0.1) is 12.0 Å². The van der Waals surface area contributed by atoms with Crippen molar-refractivity contribution in [2.45, 2.75) is 18.1 Å². The van der Waals surface area contributed by atoms with Crippen LogP contribution in [0.4, 0.5) is 5.69 Å². The summed E-state index contributed by atoms with van der Waals surface area (Å²) in [6.45, 7) is 3.80. The first-order valence-electron chi connectivity index (χ1n) is 6.65. The van der Waals surface area contributed by atoms with E-state index in [0.717, 1.165) is 21.8 Å². The van der Waals surface area contributed by atoms with E-state index >= 15 is 0 Å². The van der Waals surface area contributed by atoms with Gasteiger partial charge in [-0.2, -0.15) is 0 Å². The first-order chi connectivity index (χ1) is 10.5. The molecule has 5 nitrogen and oxygen atoms in total. The number of hydrogen-bond acceptors (Lipinski definition) is 4. The maximum atomic E-state index is 12.4. The first-order valence-corrected chi connectivity index (χ1v) is 8.95. The van der Waals surface area contributed by atoms with Crippen LogP contribution < -0.4 is 4.72 Å². The average molecular weight is 333 g/mol. The number of benzene rings is 1. The van der Waals surface area contributed by atoms with Gasteiger partial charge in [0.2, 0.25) is 0 Å². The van der Waals surface area contributed by atoms with Crippen molar-refractivity contribution in [3.05, 3.63) is 53.3 Å². The van der Waals surface area contributed by atoms with E-state index in [1.165, 1.54) is 11.3 Å². The normalized spacial score (nSPS) is 11.5. The highest BCUT2D eigenvalue weighted by Gasteiger charge is 2.16. The molecule has 0 unspecified atom stereocenters. The molecule has 2 aromatic heterocycles. The molecule has 3 aromatic rings. The number of hydrogen-bond donors (Lipinski definition) is 2. The van der Waals surface area contributed by atoms with Gasteiger partial charge in [-0.1, -0.05) is 12.1 Å². The van der Waals surface area contributed by atoms with Crippen molar-refractivity contribution in [2.24, 2.45) is 0 Å². The second-order valence-electron chi connectivity index (χ2n) is 4.93. The van der Waals surface area contributed by atoms with Crippen LogP contribution in [-0.4, -0.2) is 18.4 Å². The summed E-state index contributed by atoms with van der Waals surface area (Å²) in [7, 11) is -3.55. The molecule has 0 aliphatic carbocycles. The molecule has 7 heteroatoms. The number of anilines is 1. The molecule has 0 aliphatic rings. The summed E-state index contributed by atoms with van der Waals surface area (Å²) in [6.07, 6.45) is 1.62. The van der Waals surface area contributed by atoms with Crippen molar-refractivity contribution in [3.63, 3.8) is 0 Å². The van der Waals surface area contributed by atoms with Crippen molar-refractivity contribution in [1.29, 1.82) is 0 Å². The number of aromatic amines is 1. The largest absolute Gasteiger partial charge is 0.348 e. The molecule has 0 fully saturated rings. The number of rotatable bonds is 4. The lowest BCUT2D eigenvalue weighted by atomic mass is 10.1. The van der Waals surface area contributed by atoms with Gasteiger partial charge in [-0.05, 0) is 38.1 Å². The lowest BCUT2D eigenvalue weighted by molar-refractivity contribution is 0.603. The van der Waals surface area contributed by atoms with Crippen LogP contribution in [0.25, 0.3) is 11.3 Å². The molecular formula is C15H15N3O2S2. The average Bonchev–Trinajstić information content (AvgIpc) is 3.07. The van der Waals surface area contributed by atoms with Gasteiger partial charge in [-0.25, -0.2) is 13.4 Å². The minimum Gasteiger partial charge on any atom is -0.348 e. The van der Waals surface area contributed by atoms with Crippen LogP contribution in [0.5, 0.6) is 0 Å². The van der Waals surface area contributed by atoms with E-state index in [1.807, 2.05) is 19.9 Å². The van der Waals surface area contributed by atoms with E-state index < -0.39 is 10.0 Å². The van der Waals surface area contributed by atoms with Crippen LogP contribution in [0.3, 0.4) is 0 Å². The second kappa shape index (κ2) is 5.58. The Morgan fingerprint density at radius 3 is 2.64 bits per heavy atom. The number of H-pyrrole nitrogens is 1. The smallest absolute Gasteiger partial charge is 0.271 e. The van der Waals surface area contributed by atoms with Crippen molar-refractivity contribution in [1.82, 2.24) is 9.97 Å². The van der Waals surface area contributed by atoms with Crippen molar-refractivity contribution < 1.29 is 8.42 Å². The fourth-order valence-corrected chi connectivity index (χ4v) is 4.47. The van der Waals surface area contributed by atoms with Gasteiger partial charge in [-0.15, -0.1) is 11.3 Å². The van der Waals surface area contributed by atoms with Gasteiger partial charge in [0.25, 0.3) is 10.0 Å². The van der Waals surface area contributed by atoms with Crippen molar-refractivity contribution >= 4 is 27.0 Å². The quantitative estimate of drug-likeness (QED) is 0.766. The van der Waals surface area contributed by atoms with Crippen molar-refractivity contribution in [3.8, 4) is 11.3 Å². The maximum Gasteiger partial charge on any atom is 0.271 e. The zero-order chi connectivity index (χ0) is 15.7. The topological polar surface area (TPSA) is 74.8 Å². The molecule has 0 radical (unpaired) electrons. The maximum absolute atomic E-state index is 12.4. The van der Waals surface area contributed by atoms with Crippen LogP contribution >= 0.6 is 11.3 Å². The highest BCUT2D eigenvalue weighted by atomic mass is 32.2. The summed E-state index contributed by atoms with van der Waals surface area (Å²) in [5.74, 6) is 0. The molecule has 114 valence electrons. The van der Waals surface area contributed by atoms with Crippen LogP contribution in [0.1, 0.15) is 10.6 Å². The van der Waals surface area contributed by atoms with Crippen LogP contribution in [0.2, 0.25) is 0 Å². The zero-order valence-electron chi connectivity index (χ0n) is 12.1. The zero-order valence-corrected chi connectivity index (χ0v) is 13.8. The molecule has 0 bridgehead atoms. The number of sulfonamides is 1. The molecule has 1 aromatic carbocycles. The van der Waals surface area contributed by atoms with Crippen molar-refractivity contribution in [2.75, 3.05) is 4.72 Å². The molecule has 0 atom stereocenters. The van der Waals surface area contributed by atoms with Crippen LogP contribution in [0, 0.1) is 13.8 Å². The third kappa shape index (κ3) is 2.90. The Morgan fingerprint density at radius 1 is 1.18 bits per heavy atom. The van der Waals surface area contributed by atoms with Crippen LogP contribution in [-0.2, 0) is 10.0 Å². The van der Waals surface area contributed by atoms with E-state index in [9.17, 15) is 8.42 Å². The SMILES string of the molecule is Cc1ccc(S(=O)(=O)Nc2cccc(-c3nc[nH]c3C)c2)s1. The molecule has 0 spiro atoms. The molecule has 0 saturated carbocycles. The summed E-state index contributed by atoms with van der Waals surface area (Å²) >= 11 is 1.25. The molecular weight excluding hydrogens is 318 g/mol. The molecule has 3 rings (SSSR count). The van der Waals surface area contributed by atoms with Gasteiger partial charge in [0.1, 0.15) is 4.21 Å². The molecule has 2 N–H and O–H groups in total. The van der Waals surface area contributed by atoms with Gasteiger partial charge >= 0.3 is 0 Å². The monoisotopic (exact) mass is 333 g/mol. The Bertz CT molecular complexity index is 910. The Morgan fingerprint density at radius 2 is 2.00 bits per heavy atom. The van der Waals surface area contributed by atoms with E-state index in [0.29, 0.717) is 9.90 Å². The third-order valence-corrected chi connectivity index (χ3v) is 6.07. The summed E-state index contributed by atoms with van der Waals surface area (Å²) < 4.78 is 27.6. The van der Waals surface area contributed by atoms with Gasteiger partial charge in [0.15, 0.2) is 0 Å². The number of aromatic nitrogens is 2. The van der Waals surface area contributed by atoms with E-state index in [4.69, 9.17) is 0 Å². The standard InChI is InChI=1S/C15H15N3O2S2/c1-10-6-7-14(21-10)22(19,20)18-13-5-3-4-12(8-13)15-11(2)16-9-17-15/h3-9,18H,1-2H3,(H,16,17). The van der Waals surface area contributed by atoms with E-state index in [-0.39, 0.29) is 0 Å². The highest BCUT2D eigenvalue weighted by Crippen LogP contribution is 2.26. The predicted molar refractivity (Wildman–Crippen MR) is 88.6 cm³/mol. The van der Waals surface area contributed by atoms with Gasteiger partial charge in [0, 0.05) is 21.8 Å². The fraction of sp³-hybridized carbons (Fsp3) is 0.133. The predicted octanol–water partition coefficient (Wildman–Crippen LogP) is 3.56. The first kappa shape index (κ1) is 14.8. The number of nitrogens with zero attached hydrogens (tertiary/aromatic N) is 1. The summed E-state index contributed by atoms with van der Waals surface area (Å²) in [4.78, 5) is 8.23. The molecule has 22 heavy (non-hydrogen) atoms. The summed E-state index contributed by atoms with van der Waals surface area (Å²) in [5.41, 5.74) is 3.13. The Balaban J connectivity index is 1.92. The number of thiophene rings is 1. The highest BCUT2D eigenvalue weighted by molar-refractivity contribution is 7.94. The number of nitrogens with one attached hydrogen (secondary N) is 2. The lowest BCUT2D eigenvalue weighted by Gasteiger charge is -2.08. The Hall–Kier alpha value is -2.12. The second-order valence-corrected chi connectivity index (χ2v) is 8.12. The summed E-state index contributed by atoms with van der Waals surface area (Å²) in [5, 5.41) is 0. The lowest BCUT2D eigenvalue weighted by Crippen LogP contribution is -2.11. The number of aryl methyl sites for hydroxylation is 2. The Kier molecular flexibility index (Phi) is 3.76. The number of imidazole rings is 1. The minimum absolute atomic E-state index is 0.311. The third-order valence-electron chi connectivity index (χ3n) is 3.20. The van der Waals surface area contributed by atoms with E-state index in [1.54, 1.807) is 36.7 Å². The fourth-order valence-electron chi connectivity index (χ4n) is 2.14. The Labute approximate surface area is 133 Å². The van der Waals surface area contributed by atoms with Gasteiger partial charge in [-0.3, -0.25) is 4.72 Å². The van der Waals surface area contributed by atoms with Crippen LogP contribution in [0.15, 0.2) is 46.9 Å². The minimum atomic E-state index is -3.55. The molecule has 0 amide bonds. The van der Waals surface area contributed by atoms with E-state index in [2.05, 4.69) is 14.7 Å². The molecule has 0 aliphatic heterocycles.